The first-order valence-electron chi connectivity index (χ1n) is 13.5. The molecule has 228 valence electrons. The van der Waals surface area contributed by atoms with Crippen molar-refractivity contribution >= 4 is 11.9 Å². The summed E-state index contributed by atoms with van der Waals surface area (Å²) in [6.07, 6.45) is -6.64. The molecular weight excluding hydrogens is 532 g/mol. The Morgan fingerprint density at radius 1 is 1.15 bits per heavy atom. The van der Waals surface area contributed by atoms with E-state index in [1.54, 1.807) is 13.0 Å². The third kappa shape index (κ3) is 6.85. The molecule has 13 heteroatoms. The van der Waals surface area contributed by atoms with Crippen molar-refractivity contribution < 1.29 is 63.9 Å². The number of allylic oxidation sites excluding steroid dienone is 1. The molecule has 1 aliphatic carbocycles. The Bertz CT molecular complexity index is 933. The van der Waals surface area contributed by atoms with Crippen LogP contribution in [0.15, 0.2) is 23.5 Å². The highest BCUT2D eigenvalue weighted by molar-refractivity contribution is 5.90. The molecular formula is C27H42O13. The summed E-state index contributed by atoms with van der Waals surface area (Å²) < 4.78 is 27.2. The summed E-state index contributed by atoms with van der Waals surface area (Å²) in [6, 6.07) is 0. The van der Waals surface area contributed by atoms with Crippen LogP contribution < -0.4 is 0 Å². The Hall–Kier alpha value is -2.10. The van der Waals surface area contributed by atoms with E-state index in [0.29, 0.717) is 12.0 Å². The van der Waals surface area contributed by atoms with Gasteiger partial charge < -0.3 is 54.3 Å². The van der Waals surface area contributed by atoms with Crippen molar-refractivity contribution in [1.29, 1.82) is 0 Å². The molecule has 2 aliphatic heterocycles. The smallest absolute Gasteiger partial charge is 0.337 e. The van der Waals surface area contributed by atoms with E-state index >= 15 is 0 Å². The van der Waals surface area contributed by atoms with Gasteiger partial charge in [0.25, 0.3) is 0 Å². The number of hydrogen-bond acceptors (Lipinski definition) is 13. The molecule has 0 amide bonds. The standard InChI is InChI=1S/C27H42O13/c1-5-14-16(7-21(31)37-10-17-13(3)19(30)6-15(17)12(2)8-28)18(25(35)36-4)11-38-26(14)40-27-24(34)23(33)22(32)20(9-29)39-27/h5,11-13,15-17,19-20,22-24,26-30,32-34H,6-10H2,1-4H3/b14-5+/t12-,13+,15-,16-,17-,19-,20+,22+,23-,24+,26-,27-/m0/s1. The first kappa shape index (κ1) is 32.4. The molecule has 3 rings (SSSR count). The molecule has 0 aromatic rings. The number of rotatable bonds is 10. The van der Waals surface area contributed by atoms with Gasteiger partial charge in [-0.05, 0) is 31.1 Å². The normalized spacial score (nSPS) is 39.8. The summed E-state index contributed by atoms with van der Waals surface area (Å²) in [4.78, 5) is 25.6. The minimum Gasteiger partial charge on any atom is -0.468 e. The third-order valence-electron chi connectivity index (χ3n) is 8.40. The fourth-order valence-electron chi connectivity index (χ4n) is 5.75. The number of carbonyl (C=O) groups is 2. The zero-order valence-corrected chi connectivity index (χ0v) is 23.2. The molecule has 3 aliphatic rings. The third-order valence-corrected chi connectivity index (χ3v) is 8.40. The van der Waals surface area contributed by atoms with E-state index in [2.05, 4.69) is 0 Å². The summed E-state index contributed by atoms with van der Waals surface area (Å²) in [6.45, 7) is 4.72. The molecule has 6 N–H and O–H groups in total. The Labute approximate surface area is 232 Å². The van der Waals surface area contributed by atoms with E-state index in [-0.39, 0.29) is 48.9 Å². The zero-order valence-electron chi connectivity index (χ0n) is 23.2. The molecule has 0 radical (unpaired) electrons. The largest absolute Gasteiger partial charge is 0.468 e. The maximum absolute atomic E-state index is 13.1. The Morgan fingerprint density at radius 3 is 2.45 bits per heavy atom. The maximum atomic E-state index is 13.1. The lowest BCUT2D eigenvalue weighted by Crippen LogP contribution is -2.60. The van der Waals surface area contributed by atoms with Gasteiger partial charge in [-0.1, -0.05) is 19.9 Å². The van der Waals surface area contributed by atoms with Crippen LogP contribution in [-0.2, 0) is 33.3 Å². The fourth-order valence-corrected chi connectivity index (χ4v) is 5.75. The highest BCUT2D eigenvalue weighted by Crippen LogP contribution is 2.42. The first-order chi connectivity index (χ1) is 19.0. The second kappa shape index (κ2) is 14.2. The van der Waals surface area contributed by atoms with Crippen molar-refractivity contribution in [2.75, 3.05) is 26.9 Å². The van der Waals surface area contributed by atoms with Crippen LogP contribution in [0.3, 0.4) is 0 Å². The molecule has 13 nitrogen and oxygen atoms in total. The van der Waals surface area contributed by atoms with Gasteiger partial charge >= 0.3 is 11.9 Å². The molecule has 2 heterocycles. The molecule has 0 spiro atoms. The van der Waals surface area contributed by atoms with Crippen LogP contribution in [0.2, 0.25) is 0 Å². The molecule has 1 saturated carbocycles. The monoisotopic (exact) mass is 574 g/mol. The molecule has 0 bridgehead atoms. The van der Waals surface area contributed by atoms with Gasteiger partial charge in [0, 0.05) is 24.0 Å². The molecule has 0 aromatic carbocycles. The predicted octanol–water partition coefficient (Wildman–Crippen LogP) is -1.03. The predicted molar refractivity (Wildman–Crippen MR) is 136 cm³/mol. The average molecular weight is 575 g/mol. The van der Waals surface area contributed by atoms with Crippen molar-refractivity contribution in [3.63, 3.8) is 0 Å². The van der Waals surface area contributed by atoms with Crippen molar-refractivity contribution in [2.24, 2.45) is 29.6 Å². The van der Waals surface area contributed by atoms with E-state index in [1.807, 2.05) is 13.8 Å². The zero-order chi connectivity index (χ0) is 29.7. The lowest BCUT2D eigenvalue weighted by molar-refractivity contribution is -0.327. The van der Waals surface area contributed by atoms with Gasteiger partial charge in [0.05, 0.1) is 44.7 Å². The van der Waals surface area contributed by atoms with Crippen molar-refractivity contribution in [3.8, 4) is 0 Å². The summed E-state index contributed by atoms with van der Waals surface area (Å²) in [5.74, 6) is -2.67. The number of aliphatic hydroxyl groups is 6. The molecule has 40 heavy (non-hydrogen) atoms. The van der Waals surface area contributed by atoms with Gasteiger partial charge in [0.15, 0.2) is 6.29 Å². The highest BCUT2D eigenvalue weighted by atomic mass is 16.8. The van der Waals surface area contributed by atoms with E-state index in [1.165, 1.54) is 7.11 Å². The van der Waals surface area contributed by atoms with Gasteiger partial charge in [-0.3, -0.25) is 4.79 Å². The summed E-state index contributed by atoms with van der Waals surface area (Å²) in [7, 11) is 1.18. The van der Waals surface area contributed by atoms with Crippen molar-refractivity contribution in [1.82, 2.24) is 0 Å². The number of aliphatic hydroxyl groups excluding tert-OH is 6. The maximum Gasteiger partial charge on any atom is 0.337 e. The number of esters is 2. The van der Waals surface area contributed by atoms with Crippen molar-refractivity contribution in [3.05, 3.63) is 23.5 Å². The van der Waals surface area contributed by atoms with Crippen LogP contribution >= 0.6 is 0 Å². The fraction of sp³-hybridized carbons (Fsp3) is 0.778. The van der Waals surface area contributed by atoms with Crippen molar-refractivity contribution in [2.45, 2.75) is 76.7 Å². The summed E-state index contributed by atoms with van der Waals surface area (Å²) >= 11 is 0. The van der Waals surface area contributed by atoms with Crippen LogP contribution in [0.1, 0.15) is 33.6 Å². The molecule has 12 atom stereocenters. The van der Waals surface area contributed by atoms with E-state index in [9.17, 15) is 40.2 Å². The topological polar surface area (TPSA) is 202 Å². The second-order valence-corrected chi connectivity index (χ2v) is 10.7. The molecule has 0 aromatic heterocycles. The Kier molecular flexibility index (Phi) is 11.5. The number of methoxy groups -OCH3 is 1. The molecule has 2 fully saturated rings. The van der Waals surface area contributed by atoms with Gasteiger partial charge in [-0.15, -0.1) is 0 Å². The minimum absolute atomic E-state index is 0.0256. The summed E-state index contributed by atoms with van der Waals surface area (Å²) in [5, 5.41) is 59.9. The number of ether oxygens (including phenoxy) is 5. The Balaban J connectivity index is 1.75. The first-order valence-corrected chi connectivity index (χ1v) is 13.5. The number of hydrogen-bond donors (Lipinski definition) is 6. The number of carbonyl (C=O) groups excluding carboxylic acids is 2. The molecule has 0 unspecified atom stereocenters. The second-order valence-electron chi connectivity index (χ2n) is 10.7. The SMILES string of the molecule is C/C=C1/[C@H](O[C@@H]2O[C@H](CO)[C@@H](O)[C@H](O)[C@H]2O)OC=C(C(=O)OC)[C@H]1CC(=O)OC[C@H]1[C@@H](C)[C@@H](O)C[C@H]1[C@@H](C)CO. The van der Waals surface area contributed by atoms with Crippen LogP contribution in [0.5, 0.6) is 0 Å². The lowest BCUT2D eigenvalue weighted by atomic mass is 9.83. The van der Waals surface area contributed by atoms with Gasteiger partial charge in [-0.25, -0.2) is 4.79 Å². The minimum atomic E-state index is -1.69. The van der Waals surface area contributed by atoms with E-state index in [0.717, 1.165) is 6.26 Å². The van der Waals surface area contributed by atoms with E-state index < -0.39 is 67.6 Å². The molecule has 1 saturated heterocycles. The average Bonchev–Trinajstić information content (AvgIpc) is 3.24. The summed E-state index contributed by atoms with van der Waals surface area (Å²) in [5.41, 5.74) is 0.339. The highest BCUT2D eigenvalue weighted by Gasteiger charge is 2.47. The van der Waals surface area contributed by atoms with E-state index in [4.69, 9.17) is 23.7 Å². The quantitative estimate of drug-likeness (QED) is 0.137. The van der Waals surface area contributed by atoms with Gasteiger partial charge in [-0.2, -0.15) is 0 Å². The van der Waals surface area contributed by atoms with Crippen LogP contribution in [0.25, 0.3) is 0 Å². The van der Waals surface area contributed by atoms with Gasteiger partial charge in [0.1, 0.15) is 24.4 Å². The lowest BCUT2D eigenvalue weighted by Gasteiger charge is -2.41. The van der Waals surface area contributed by atoms with Gasteiger partial charge in [0.2, 0.25) is 6.29 Å². The van der Waals surface area contributed by atoms with Crippen LogP contribution in [0.4, 0.5) is 0 Å². The van der Waals surface area contributed by atoms with Crippen LogP contribution in [0, 0.1) is 29.6 Å². The van der Waals surface area contributed by atoms with Crippen LogP contribution in [-0.4, -0.2) is 113 Å². The Morgan fingerprint density at radius 2 is 1.85 bits per heavy atom.